The smallest absolute Gasteiger partial charge is 0.252 e. The maximum absolute atomic E-state index is 12.3. The van der Waals surface area contributed by atoms with Crippen molar-refractivity contribution in [1.29, 1.82) is 0 Å². The molecule has 2 aliphatic rings. The van der Waals surface area contributed by atoms with E-state index in [9.17, 15) is 4.79 Å². The molecule has 1 saturated heterocycles. The molecule has 2 aliphatic heterocycles. The van der Waals surface area contributed by atoms with Crippen molar-refractivity contribution in [3.05, 3.63) is 0 Å². The highest BCUT2D eigenvalue weighted by molar-refractivity contribution is 8.00. The van der Waals surface area contributed by atoms with Crippen LogP contribution in [0.15, 0.2) is 5.10 Å². The van der Waals surface area contributed by atoms with Gasteiger partial charge in [0.05, 0.1) is 11.6 Å². The van der Waals surface area contributed by atoms with Gasteiger partial charge in [0.1, 0.15) is 0 Å². The van der Waals surface area contributed by atoms with Crippen LogP contribution in [-0.4, -0.2) is 33.7 Å². The van der Waals surface area contributed by atoms with Crippen LogP contribution in [0.3, 0.4) is 0 Å². The maximum atomic E-state index is 12.3. The summed E-state index contributed by atoms with van der Waals surface area (Å²) >= 11 is 1.94. The minimum absolute atomic E-state index is 0.0566. The lowest BCUT2D eigenvalue weighted by Gasteiger charge is -2.30. The summed E-state index contributed by atoms with van der Waals surface area (Å²) in [6.45, 7) is 8.45. The number of rotatable bonds is 2. The van der Waals surface area contributed by atoms with Crippen molar-refractivity contribution in [3.63, 3.8) is 0 Å². The molecular weight excluding hydrogens is 220 g/mol. The van der Waals surface area contributed by atoms with Gasteiger partial charge in [-0.15, -0.1) is 0 Å². The van der Waals surface area contributed by atoms with Crippen molar-refractivity contribution in [2.75, 3.05) is 5.75 Å². The lowest BCUT2D eigenvalue weighted by molar-refractivity contribution is -0.133. The van der Waals surface area contributed by atoms with E-state index in [0.29, 0.717) is 11.2 Å². The highest BCUT2D eigenvalue weighted by Gasteiger charge is 2.45. The number of nitrogens with zero attached hydrogens (tertiary/aromatic N) is 2. The molecule has 0 bridgehead atoms. The number of amides is 1. The lowest BCUT2D eigenvalue weighted by Crippen LogP contribution is -2.41. The Morgan fingerprint density at radius 2 is 2.06 bits per heavy atom. The summed E-state index contributed by atoms with van der Waals surface area (Å²) < 4.78 is 0. The van der Waals surface area contributed by atoms with Crippen LogP contribution in [0, 0.1) is 11.8 Å². The van der Waals surface area contributed by atoms with E-state index in [-0.39, 0.29) is 17.9 Å². The molecule has 1 amide bonds. The fraction of sp³-hybridized carbons (Fsp3) is 0.833. The topological polar surface area (TPSA) is 32.7 Å². The number of carbonyl (C=O) groups is 1. The number of thioether (sulfide) groups is 1. The summed E-state index contributed by atoms with van der Waals surface area (Å²) in [5, 5.41) is 6.61. The average Bonchev–Trinajstić information content (AvgIpc) is 2.56. The van der Waals surface area contributed by atoms with Gasteiger partial charge >= 0.3 is 0 Å². The maximum Gasteiger partial charge on any atom is 0.252 e. The van der Waals surface area contributed by atoms with Crippen molar-refractivity contribution in [1.82, 2.24) is 5.01 Å². The van der Waals surface area contributed by atoms with Gasteiger partial charge in [0.25, 0.3) is 5.91 Å². The van der Waals surface area contributed by atoms with E-state index in [1.165, 1.54) is 0 Å². The number of fused-ring (bicyclic) bond motifs is 1. The van der Waals surface area contributed by atoms with E-state index in [0.717, 1.165) is 17.9 Å². The largest absolute Gasteiger partial charge is 0.272 e. The van der Waals surface area contributed by atoms with Crippen molar-refractivity contribution in [2.24, 2.45) is 16.9 Å². The SMILES string of the molecule is CC(C)C1SCCC2=NN(C(C)C)C(=O)C21. The second kappa shape index (κ2) is 4.40. The molecule has 16 heavy (non-hydrogen) atoms. The standard InChI is InChI=1S/C12H20N2OS/c1-7(2)11-10-9(5-6-16-11)13-14(8(3)4)12(10)15/h7-8,10-11H,5-6H2,1-4H3. The van der Waals surface area contributed by atoms with Gasteiger partial charge in [-0.25, -0.2) is 5.01 Å². The first-order valence-electron chi connectivity index (χ1n) is 6.04. The van der Waals surface area contributed by atoms with Crippen LogP contribution in [0.5, 0.6) is 0 Å². The van der Waals surface area contributed by atoms with Crippen LogP contribution in [-0.2, 0) is 4.79 Å². The fourth-order valence-electron chi connectivity index (χ4n) is 2.41. The van der Waals surface area contributed by atoms with E-state index in [2.05, 4.69) is 18.9 Å². The normalized spacial score (nSPS) is 30.0. The van der Waals surface area contributed by atoms with Crippen molar-refractivity contribution >= 4 is 23.4 Å². The summed E-state index contributed by atoms with van der Waals surface area (Å²) in [5.74, 6) is 1.92. The van der Waals surface area contributed by atoms with Crippen LogP contribution in [0.2, 0.25) is 0 Å². The van der Waals surface area contributed by atoms with Gasteiger partial charge in [-0.1, -0.05) is 13.8 Å². The van der Waals surface area contributed by atoms with Crippen LogP contribution >= 0.6 is 11.8 Å². The second-order valence-corrected chi connectivity index (χ2v) is 6.46. The Balaban J connectivity index is 2.25. The first kappa shape index (κ1) is 12.0. The number of hydrogen-bond donors (Lipinski definition) is 0. The van der Waals surface area contributed by atoms with Gasteiger partial charge in [0, 0.05) is 11.3 Å². The van der Waals surface area contributed by atoms with Gasteiger partial charge < -0.3 is 0 Å². The molecule has 0 spiro atoms. The lowest BCUT2D eigenvalue weighted by atomic mass is 9.90. The zero-order valence-electron chi connectivity index (χ0n) is 10.4. The highest BCUT2D eigenvalue weighted by atomic mass is 32.2. The van der Waals surface area contributed by atoms with Gasteiger partial charge in [-0.2, -0.15) is 16.9 Å². The van der Waals surface area contributed by atoms with E-state index in [1.54, 1.807) is 5.01 Å². The summed E-state index contributed by atoms with van der Waals surface area (Å²) in [4.78, 5) is 12.3. The fourth-order valence-corrected chi connectivity index (χ4v) is 3.86. The summed E-state index contributed by atoms with van der Waals surface area (Å²) in [6, 6.07) is 0.184. The molecule has 0 saturated carbocycles. The Bertz CT molecular complexity index is 325. The molecule has 0 aliphatic carbocycles. The van der Waals surface area contributed by atoms with Gasteiger partial charge in [-0.3, -0.25) is 4.79 Å². The predicted octanol–water partition coefficient (Wildman–Crippen LogP) is 2.37. The van der Waals surface area contributed by atoms with Gasteiger partial charge in [0.15, 0.2) is 0 Å². The zero-order valence-corrected chi connectivity index (χ0v) is 11.3. The number of carbonyl (C=O) groups excluding carboxylic acids is 1. The first-order valence-corrected chi connectivity index (χ1v) is 7.09. The van der Waals surface area contributed by atoms with Gasteiger partial charge in [0.2, 0.25) is 0 Å². The molecule has 0 aromatic carbocycles. The zero-order chi connectivity index (χ0) is 11.9. The van der Waals surface area contributed by atoms with E-state index < -0.39 is 0 Å². The Labute approximate surface area is 102 Å². The third-order valence-corrected chi connectivity index (χ3v) is 4.87. The Hall–Kier alpha value is -0.510. The van der Waals surface area contributed by atoms with Crippen LogP contribution < -0.4 is 0 Å². The third kappa shape index (κ3) is 1.88. The minimum atomic E-state index is 0.0566. The molecule has 2 atom stereocenters. The van der Waals surface area contributed by atoms with Gasteiger partial charge in [-0.05, 0) is 31.9 Å². The molecule has 0 aromatic heterocycles. The van der Waals surface area contributed by atoms with Crippen molar-refractivity contribution < 1.29 is 4.79 Å². The Kier molecular flexibility index (Phi) is 3.29. The average molecular weight is 240 g/mol. The second-order valence-electron chi connectivity index (χ2n) is 5.17. The number of hydrazone groups is 1. The van der Waals surface area contributed by atoms with Crippen LogP contribution in [0.25, 0.3) is 0 Å². The first-order chi connectivity index (χ1) is 7.52. The van der Waals surface area contributed by atoms with Crippen molar-refractivity contribution in [3.8, 4) is 0 Å². The molecule has 1 fully saturated rings. The molecule has 0 aromatic rings. The molecule has 3 nitrogen and oxygen atoms in total. The monoisotopic (exact) mass is 240 g/mol. The molecule has 2 unspecified atom stereocenters. The van der Waals surface area contributed by atoms with E-state index >= 15 is 0 Å². The van der Waals surface area contributed by atoms with Crippen LogP contribution in [0.1, 0.15) is 34.1 Å². The predicted molar refractivity (Wildman–Crippen MR) is 68.6 cm³/mol. The summed E-state index contributed by atoms with van der Waals surface area (Å²) in [7, 11) is 0. The summed E-state index contributed by atoms with van der Waals surface area (Å²) in [5.41, 5.74) is 1.12. The van der Waals surface area contributed by atoms with E-state index in [4.69, 9.17) is 0 Å². The quantitative estimate of drug-likeness (QED) is 0.742. The Morgan fingerprint density at radius 1 is 1.38 bits per heavy atom. The highest BCUT2D eigenvalue weighted by Crippen LogP contribution is 2.38. The molecule has 2 rings (SSSR count). The number of hydrogen-bond acceptors (Lipinski definition) is 3. The van der Waals surface area contributed by atoms with E-state index in [1.807, 2.05) is 25.6 Å². The van der Waals surface area contributed by atoms with Crippen LogP contribution in [0.4, 0.5) is 0 Å². The molecular formula is C12H20N2OS. The molecule has 0 N–H and O–H groups in total. The summed E-state index contributed by atoms with van der Waals surface area (Å²) in [6.07, 6.45) is 0.980. The molecule has 4 heteroatoms. The Morgan fingerprint density at radius 3 is 2.62 bits per heavy atom. The molecule has 90 valence electrons. The molecule has 2 heterocycles. The minimum Gasteiger partial charge on any atom is -0.272 e. The molecule has 0 radical (unpaired) electrons. The third-order valence-electron chi connectivity index (χ3n) is 3.23. The van der Waals surface area contributed by atoms with Crippen molar-refractivity contribution in [2.45, 2.75) is 45.4 Å².